The minimum atomic E-state index is -3.04. The van der Waals surface area contributed by atoms with Crippen LogP contribution in [-0.4, -0.2) is 6.21 Å². The van der Waals surface area contributed by atoms with Gasteiger partial charge in [-0.1, -0.05) is 64.5 Å². The second-order valence-electron chi connectivity index (χ2n) is 5.04. The number of hydrogen-bond donors (Lipinski definition) is 0. The number of halogens is 1. The summed E-state index contributed by atoms with van der Waals surface area (Å²) in [6.07, 6.45) is 1.69. The van der Waals surface area contributed by atoms with Gasteiger partial charge < -0.3 is 0 Å². The molecule has 0 atom stereocenters. The predicted molar refractivity (Wildman–Crippen MR) is 101 cm³/mol. The van der Waals surface area contributed by atoms with Crippen molar-refractivity contribution < 1.29 is 4.57 Å². The van der Waals surface area contributed by atoms with Crippen LogP contribution < -0.4 is 10.6 Å². The predicted octanol–water partition coefficient (Wildman–Crippen LogP) is 4.80. The second-order valence-corrected chi connectivity index (χ2v) is 8.37. The van der Waals surface area contributed by atoms with E-state index in [0.29, 0.717) is 0 Å². The van der Waals surface area contributed by atoms with Crippen molar-refractivity contribution in [1.29, 1.82) is 0 Å². The van der Waals surface area contributed by atoms with Crippen LogP contribution in [0.4, 0.5) is 0 Å². The van der Waals surface area contributed by atoms with Gasteiger partial charge in [-0.25, -0.2) is 4.76 Å². The van der Waals surface area contributed by atoms with Crippen molar-refractivity contribution in [3.63, 3.8) is 0 Å². The molecule has 4 heteroatoms. The lowest BCUT2D eigenvalue weighted by Crippen LogP contribution is -2.14. The fourth-order valence-corrected chi connectivity index (χ4v) is 4.52. The van der Waals surface area contributed by atoms with E-state index >= 15 is 0 Å². The van der Waals surface area contributed by atoms with Crippen molar-refractivity contribution in [3.05, 3.63) is 95.0 Å². The van der Waals surface area contributed by atoms with Crippen LogP contribution >= 0.6 is 23.2 Å². The first-order valence-corrected chi connectivity index (χ1v) is 9.66. The number of hydrogen-bond acceptors (Lipinski definition) is 1. The zero-order valence-corrected chi connectivity index (χ0v) is 14.8. The molecule has 0 saturated heterocycles. The molecule has 0 fully saturated rings. The van der Waals surface area contributed by atoms with E-state index in [9.17, 15) is 4.57 Å². The first kappa shape index (κ1) is 15.9. The van der Waals surface area contributed by atoms with Crippen molar-refractivity contribution >= 4 is 40.0 Å². The van der Waals surface area contributed by atoms with Crippen LogP contribution in [-0.2, 0) is 4.57 Å². The van der Waals surface area contributed by atoms with Crippen LogP contribution in [0.5, 0.6) is 0 Å². The molecule has 0 spiro atoms. The van der Waals surface area contributed by atoms with Crippen LogP contribution in [0, 0.1) is 0 Å². The molecular formula is C19H15BrNOP. The highest BCUT2D eigenvalue weighted by Crippen LogP contribution is 2.44. The zero-order chi connectivity index (χ0) is 16.1. The Kier molecular flexibility index (Phi) is 4.90. The summed E-state index contributed by atoms with van der Waals surface area (Å²) in [7, 11) is -3.04. The van der Waals surface area contributed by atoms with Gasteiger partial charge in [-0.2, -0.15) is 0 Å². The molecule has 0 saturated carbocycles. The largest absolute Gasteiger partial charge is 0.288 e. The second kappa shape index (κ2) is 7.08. The fourth-order valence-electron chi connectivity index (χ4n) is 2.24. The van der Waals surface area contributed by atoms with Crippen LogP contribution in [0.3, 0.4) is 0 Å². The van der Waals surface area contributed by atoms with Gasteiger partial charge in [0.2, 0.25) is 7.29 Å². The lowest BCUT2D eigenvalue weighted by Gasteiger charge is -2.14. The Labute approximate surface area is 144 Å². The van der Waals surface area contributed by atoms with E-state index in [1.807, 2.05) is 84.9 Å². The lowest BCUT2D eigenvalue weighted by atomic mass is 10.2. The molecule has 0 unspecified atom stereocenters. The van der Waals surface area contributed by atoms with E-state index in [1.165, 1.54) is 0 Å². The molecule has 3 aromatic rings. The Morgan fingerprint density at radius 2 is 1.22 bits per heavy atom. The monoisotopic (exact) mass is 383 g/mol. The van der Waals surface area contributed by atoms with E-state index in [2.05, 4.69) is 20.7 Å². The minimum Gasteiger partial charge on any atom is -0.288 e. The summed E-state index contributed by atoms with van der Waals surface area (Å²) >= 11 is 3.41. The molecule has 0 bridgehead atoms. The summed E-state index contributed by atoms with van der Waals surface area (Å²) in [6, 6.07) is 26.6. The average Bonchev–Trinajstić information content (AvgIpc) is 2.62. The molecule has 0 radical (unpaired) electrons. The molecule has 23 heavy (non-hydrogen) atoms. The van der Waals surface area contributed by atoms with Crippen LogP contribution in [0.2, 0.25) is 0 Å². The standard InChI is InChI=1S/C19H15BrNOP/c20-17-13-11-16(12-14-17)15-21-23(22,18-7-3-1-4-8-18)19-9-5-2-6-10-19/h1-15H. The van der Waals surface area contributed by atoms with Gasteiger partial charge in [0.25, 0.3) is 0 Å². The van der Waals surface area contributed by atoms with E-state index in [-0.39, 0.29) is 0 Å². The Morgan fingerprint density at radius 1 is 0.739 bits per heavy atom. The third-order valence-corrected chi connectivity index (χ3v) is 6.42. The van der Waals surface area contributed by atoms with Gasteiger partial charge in [0.1, 0.15) is 0 Å². The Bertz CT molecular complexity index is 802. The van der Waals surface area contributed by atoms with Gasteiger partial charge in [0.15, 0.2) is 0 Å². The summed E-state index contributed by atoms with van der Waals surface area (Å²) in [5.41, 5.74) is 0.917. The number of rotatable bonds is 4. The fraction of sp³-hybridized carbons (Fsp3) is 0. The first-order chi connectivity index (χ1) is 11.2. The van der Waals surface area contributed by atoms with Crippen LogP contribution in [0.1, 0.15) is 5.56 Å². The summed E-state index contributed by atoms with van der Waals surface area (Å²) in [5.74, 6) is 0. The Hall–Kier alpha value is -1.96. The quantitative estimate of drug-likeness (QED) is 0.470. The highest BCUT2D eigenvalue weighted by Gasteiger charge is 2.25. The molecule has 2 nitrogen and oxygen atoms in total. The smallest absolute Gasteiger partial charge is 0.247 e. The zero-order valence-electron chi connectivity index (χ0n) is 12.3. The number of nitrogens with zero attached hydrogens (tertiary/aromatic N) is 1. The maximum absolute atomic E-state index is 13.6. The molecule has 0 aliphatic carbocycles. The highest BCUT2D eigenvalue weighted by atomic mass is 79.9. The average molecular weight is 384 g/mol. The summed E-state index contributed by atoms with van der Waals surface area (Å²) in [4.78, 5) is 0. The molecule has 3 rings (SSSR count). The van der Waals surface area contributed by atoms with E-state index in [1.54, 1.807) is 6.21 Å². The van der Waals surface area contributed by atoms with Crippen LogP contribution in [0.15, 0.2) is 94.2 Å². The Balaban J connectivity index is 2.06. The molecule has 0 aliphatic rings. The third-order valence-electron chi connectivity index (χ3n) is 3.45. The van der Waals surface area contributed by atoms with Crippen molar-refractivity contribution in [2.24, 2.45) is 4.76 Å². The van der Waals surface area contributed by atoms with Gasteiger partial charge in [0.05, 0.1) is 0 Å². The normalized spacial score (nSPS) is 11.7. The van der Waals surface area contributed by atoms with E-state index < -0.39 is 7.29 Å². The molecule has 0 amide bonds. The van der Waals surface area contributed by atoms with Crippen molar-refractivity contribution in [3.8, 4) is 0 Å². The van der Waals surface area contributed by atoms with E-state index in [0.717, 1.165) is 20.6 Å². The molecule has 3 aromatic carbocycles. The lowest BCUT2D eigenvalue weighted by molar-refractivity contribution is 0.588. The van der Waals surface area contributed by atoms with Crippen molar-refractivity contribution in [2.75, 3.05) is 0 Å². The summed E-state index contributed by atoms with van der Waals surface area (Å²) < 4.78 is 19.2. The molecule has 114 valence electrons. The van der Waals surface area contributed by atoms with Gasteiger partial charge in [-0.05, 0) is 42.0 Å². The minimum absolute atomic E-state index is 0.736. The maximum atomic E-state index is 13.6. The van der Waals surface area contributed by atoms with E-state index in [4.69, 9.17) is 0 Å². The first-order valence-electron chi connectivity index (χ1n) is 7.21. The highest BCUT2D eigenvalue weighted by molar-refractivity contribution is 9.10. The van der Waals surface area contributed by atoms with Gasteiger partial charge >= 0.3 is 0 Å². The van der Waals surface area contributed by atoms with Gasteiger partial charge in [0, 0.05) is 21.3 Å². The third kappa shape index (κ3) is 3.69. The maximum Gasteiger partial charge on any atom is 0.247 e. The molecule has 0 heterocycles. The molecule has 0 aromatic heterocycles. The molecule has 0 N–H and O–H groups in total. The van der Waals surface area contributed by atoms with Crippen molar-refractivity contribution in [2.45, 2.75) is 0 Å². The van der Waals surface area contributed by atoms with Crippen LogP contribution in [0.25, 0.3) is 0 Å². The van der Waals surface area contributed by atoms with Gasteiger partial charge in [-0.3, -0.25) is 4.57 Å². The topological polar surface area (TPSA) is 29.4 Å². The Morgan fingerprint density at radius 3 is 1.70 bits per heavy atom. The molecule has 0 aliphatic heterocycles. The molecular weight excluding hydrogens is 369 g/mol. The number of benzene rings is 3. The summed E-state index contributed by atoms with van der Waals surface area (Å²) in [5, 5.41) is 1.47. The SMILES string of the molecule is O=P(N=Cc1ccc(Br)cc1)(c1ccccc1)c1ccccc1. The summed E-state index contributed by atoms with van der Waals surface area (Å²) in [6.45, 7) is 0. The van der Waals surface area contributed by atoms with Crippen molar-refractivity contribution in [1.82, 2.24) is 0 Å². The van der Waals surface area contributed by atoms with Gasteiger partial charge in [-0.15, -0.1) is 0 Å².